The maximum atomic E-state index is 12.0. The molecule has 1 N–H and O–H groups in total. The molecule has 2 unspecified atom stereocenters. The van der Waals surface area contributed by atoms with Crippen LogP contribution in [0, 0.1) is 6.92 Å². The topological polar surface area (TPSA) is 135 Å². The summed E-state index contributed by atoms with van der Waals surface area (Å²) in [6.45, 7) is 1.35. The largest absolute Gasteiger partial charge is 1.00 e. The first-order chi connectivity index (χ1) is 9.21. The van der Waals surface area contributed by atoms with E-state index in [-0.39, 0.29) is 83.2 Å². The Balaban J connectivity index is 0.00000220. The van der Waals surface area contributed by atoms with Crippen molar-refractivity contribution in [1.29, 1.82) is 0 Å². The second-order valence-electron chi connectivity index (χ2n) is 5.01. The van der Waals surface area contributed by atoms with Crippen molar-refractivity contribution in [2.24, 2.45) is 0 Å². The molecule has 22 heavy (non-hydrogen) atoms. The molecular weight excluding hydrogens is 334 g/mol. The molecule has 0 spiro atoms. The fourth-order valence-electron chi connectivity index (χ4n) is 2.62. The first-order valence-electron chi connectivity index (χ1n) is 6.19. The van der Waals surface area contributed by atoms with E-state index in [1.807, 2.05) is 0 Å². The second-order valence-corrected chi connectivity index (χ2v) is 6.66. The third kappa shape index (κ3) is 4.70. The number of H-pyrrole nitrogens is 1. The van der Waals surface area contributed by atoms with E-state index in [1.165, 1.54) is 6.92 Å². The summed E-state index contributed by atoms with van der Waals surface area (Å²) < 4.78 is 34.3. The number of carboxylic acid groups (broad SMARTS) is 1. The van der Waals surface area contributed by atoms with Crippen molar-refractivity contribution in [1.82, 2.24) is 9.78 Å². The van der Waals surface area contributed by atoms with E-state index in [2.05, 4.69) is 5.10 Å². The summed E-state index contributed by atoms with van der Waals surface area (Å²) in [6.07, 6.45) is 1.28. The van der Waals surface area contributed by atoms with Gasteiger partial charge in [-0.1, -0.05) is 6.42 Å². The molecule has 1 aliphatic carbocycles. The van der Waals surface area contributed by atoms with Crippen LogP contribution in [0.15, 0.2) is 4.79 Å². The predicted molar refractivity (Wildman–Crippen MR) is 65.1 cm³/mol. The van der Waals surface area contributed by atoms with Crippen molar-refractivity contribution in [2.75, 3.05) is 0 Å². The van der Waals surface area contributed by atoms with Gasteiger partial charge >= 0.3 is 59.1 Å². The summed E-state index contributed by atoms with van der Waals surface area (Å²) in [4.78, 5) is 22.8. The van der Waals surface area contributed by atoms with E-state index in [4.69, 9.17) is 0 Å². The molecule has 8 nitrogen and oxygen atoms in total. The maximum Gasteiger partial charge on any atom is 1.00 e. The number of nitrogens with one attached hydrogen (secondary N) is 1. The summed E-state index contributed by atoms with van der Waals surface area (Å²) >= 11 is 0. The molecule has 0 amide bonds. The number of aromatic nitrogens is 2. The number of carbonyl (C=O) groups is 1. The zero-order chi connectivity index (χ0) is 15.1. The van der Waals surface area contributed by atoms with Gasteiger partial charge in [0.2, 0.25) is 0 Å². The molecule has 1 aromatic rings. The number of hydrogen-bond donors (Lipinski definition) is 1. The number of carboxylic acids is 1. The van der Waals surface area contributed by atoms with Crippen LogP contribution in [0.3, 0.4) is 0 Å². The van der Waals surface area contributed by atoms with Crippen molar-refractivity contribution in [3.63, 3.8) is 0 Å². The molecule has 2 atom stereocenters. The van der Waals surface area contributed by atoms with E-state index in [9.17, 15) is 27.7 Å². The molecule has 1 heterocycles. The van der Waals surface area contributed by atoms with Crippen molar-refractivity contribution in [2.45, 2.75) is 43.9 Å². The fourth-order valence-corrected chi connectivity index (χ4v) is 3.53. The third-order valence-corrected chi connectivity index (χ3v) is 4.97. The Labute approximate surface area is 172 Å². The normalized spacial score (nSPS) is 21.5. The van der Waals surface area contributed by atoms with Crippen LogP contribution in [0.4, 0.5) is 0 Å². The summed E-state index contributed by atoms with van der Waals surface area (Å²) in [5.41, 5.74) is -0.836. The van der Waals surface area contributed by atoms with Crippen LogP contribution in [0.25, 0.3) is 0 Å². The van der Waals surface area contributed by atoms with E-state index >= 15 is 0 Å². The molecule has 1 aromatic heterocycles. The molecule has 2 rings (SSSR count). The molecule has 1 aliphatic rings. The Bertz CT molecular complexity index is 696. The smallest absolute Gasteiger partial charge is 0.748 e. The monoisotopic (exact) mass is 348 g/mol. The standard InChI is InChI=1S/C11H16N2O6S.2Na/c1-6-9(11(15)16)12-13(10(6)14)7-3-2-4-8(5-7)20(17,18)19;;/h7-8,12H,2-5H2,1H3,(H,15,16)(H,17,18,19);;/q;2*+1/p-2. The van der Waals surface area contributed by atoms with Gasteiger partial charge in [-0.25, -0.2) is 13.1 Å². The van der Waals surface area contributed by atoms with Gasteiger partial charge in [-0.15, -0.1) is 0 Å². The quantitative estimate of drug-likeness (QED) is 0.426. The van der Waals surface area contributed by atoms with Crippen LogP contribution in [0.5, 0.6) is 0 Å². The average molecular weight is 348 g/mol. The van der Waals surface area contributed by atoms with Gasteiger partial charge in [-0.05, 0) is 26.2 Å². The maximum absolute atomic E-state index is 12.0. The number of aromatic carboxylic acids is 1. The van der Waals surface area contributed by atoms with Crippen molar-refractivity contribution in [3.8, 4) is 0 Å². The number of carbonyl (C=O) groups excluding carboxylic acids is 1. The second kappa shape index (κ2) is 8.48. The van der Waals surface area contributed by atoms with Crippen LogP contribution in [-0.4, -0.2) is 34.0 Å². The molecule has 11 heteroatoms. The van der Waals surface area contributed by atoms with Crippen molar-refractivity contribution in [3.05, 3.63) is 21.6 Å². The Morgan fingerprint density at radius 2 is 1.91 bits per heavy atom. The van der Waals surface area contributed by atoms with Crippen LogP contribution < -0.4 is 69.8 Å². The summed E-state index contributed by atoms with van der Waals surface area (Å²) in [6, 6.07) is -0.517. The molecule has 1 fully saturated rings. The van der Waals surface area contributed by atoms with Crippen molar-refractivity contribution >= 4 is 16.1 Å². The zero-order valence-electron chi connectivity index (χ0n) is 12.8. The minimum Gasteiger partial charge on any atom is -0.748 e. The number of rotatable bonds is 3. The number of hydrogen-bond acceptors (Lipinski definition) is 6. The Morgan fingerprint density at radius 1 is 1.32 bits per heavy atom. The van der Waals surface area contributed by atoms with Crippen LogP contribution in [0.2, 0.25) is 0 Å². The van der Waals surface area contributed by atoms with E-state index in [1.54, 1.807) is 0 Å². The summed E-state index contributed by atoms with van der Waals surface area (Å²) in [7, 11) is -4.41. The van der Waals surface area contributed by atoms with Gasteiger partial charge in [0.05, 0.1) is 33.1 Å². The summed E-state index contributed by atoms with van der Waals surface area (Å²) in [5.74, 6) is -1.50. The average Bonchev–Trinajstić information content (AvgIpc) is 2.66. The molecule has 0 aromatic carbocycles. The fraction of sp³-hybridized carbons (Fsp3) is 0.636. The van der Waals surface area contributed by atoms with Gasteiger partial charge in [0.1, 0.15) is 0 Å². The van der Waals surface area contributed by atoms with Gasteiger partial charge in [0, 0.05) is 5.56 Å². The number of nitrogens with zero attached hydrogens (tertiary/aromatic N) is 1. The van der Waals surface area contributed by atoms with Crippen LogP contribution in [0.1, 0.15) is 47.8 Å². The van der Waals surface area contributed by atoms with E-state index in [0.717, 1.165) is 4.68 Å². The molecule has 0 aliphatic heterocycles. The Hall–Kier alpha value is 0.390. The number of aromatic amines is 1. The minimum absolute atomic E-state index is 0. The first kappa shape index (κ1) is 22.4. The predicted octanol–water partition coefficient (Wildman–Crippen LogP) is -7.11. The summed E-state index contributed by atoms with van der Waals surface area (Å²) in [5, 5.41) is 12.3. The van der Waals surface area contributed by atoms with Gasteiger partial charge in [-0.2, -0.15) is 0 Å². The van der Waals surface area contributed by atoms with Crippen LogP contribution in [-0.2, 0) is 10.1 Å². The van der Waals surface area contributed by atoms with Crippen molar-refractivity contribution < 1.29 is 82.0 Å². The Morgan fingerprint density at radius 3 is 2.36 bits per heavy atom. The van der Waals surface area contributed by atoms with Gasteiger partial charge in [-0.3, -0.25) is 9.89 Å². The first-order valence-corrected chi connectivity index (χ1v) is 7.66. The van der Waals surface area contributed by atoms with Gasteiger partial charge in [0.25, 0.3) is 5.56 Å². The SMILES string of the molecule is Cc1c(C(=O)[O-])[nH]n(C2CCCC(S(=O)(=O)[O-])C2)c1=O.[Na+].[Na+]. The minimum atomic E-state index is -4.41. The van der Waals surface area contributed by atoms with Crippen LogP contribution >= 0.6 is 0 Å². The van der Waals surface area contributed by atoms with Gasteiger partial charge in [0.15, 0.2) is 0 Å². The molecule has 1 saturated carbocycles. The third-order valence-electron chi connectivity index (χ3n) is 3.72. The molecule has 0 bridgehead atoms. The molecular formula is C11H14N2Na2O6S. The van der Waals surface area contributed by atoms with E-state index < -0.39 is 32.9 Å². The zero-order valence-corrected chi connectivity index (χ0v) is 17.6. The molecule has 112 valence electrons. The Kier molecular flexibility index (Phi) is 8.63. The molecule has 0 saturated heterocycles. The molecule has 0 radical (unpaired) electrons. The van der Waals surface area contributed by atoms with E-state index in [0.29, 0.717) is 12.8 Å². The van der Waals surface area contributed by atoms with Gasteiger partial charge < -0.3 is 14.5 Å².